The summed E-state index contributed by atoms with van der Waals surface area (Å²) in [7, 11) is 0. The molecule has 0 aliphatic carbocycles. The Kier molecular flexibility index (Phi) is 14.6. The zero-order valence-corrected chi connectivity index (χ0v) is 14.4. The summed E-state index contributed by atoms with van der Waals surface area (Å²) in [6.45, 7) is 10.2. The molecule has 6 nitrogen and oxygen atoms in total. The minimum absolute atomic E-state index is 0.254. The van der Waals surface area contributed by atoms with Gasteiger partial charge in [-0.1, -0.05) is 6.58 Å². The smallest absolute Gasteiger partial charge is 0.333 e. The summed E-state index contributed by atoms with van der Waals surface area (Å²) in [5.41, 5.74) is 0.377. The Morgan fingerprint density at radius 2 is 1.48 bits per heavy atom. The normalized spacial score (nSPS) is 10.3. The Morgan fingerprint density at radius 1 is 0.826 bits per heavy atom. The number of unbranched alkanes of at least 4 members (excludes halogenated alkanes) is 2. The molecule has 6 heteroatoms. The first-order valence-electron chi connectivity index (χ1n) is 8.21. The van der Waals surface area contributed by atoms with E-state index in [4.69, 9.17) is 18.9 Å². The Morgan fingerprint density at radius 3 is 2.13 bits per heavy atom. The van der Waals surface area contributed by atoms with Crippen molar-refractivity contribution in [1.29, 1.82) is 0 Å². The predicted octanol–water partition coefficient (Wildman–Crippen LogP) is 2.65. The lowest BCUT2D eigenvalue weighted by molar-refractivity contribution is -0.145. The molecule has 0 saturated heterocycles. The zero-order chi connectivity index (χ0) is 17.3. The molecular weight excluding hydrogens is 300 g/mol. The molecule has 0 heterocycles. The van der Waals surface area contributed by atoms with Crippen molar-refractivity contribution in [3.8, 4) is 0 Å². The van der Waals surface area contributed by atoms with Crippen LogP contribution in [-0.4, -0.2) is 51.6 Å². The number of hydrogen-bond donors (Lipinski definition) is 0. The van der Waals surface area contributed by atoms with E-state index < -0.39 is 5.97 Å². The SMILES string of the molecule is C=C(C)C(=O)OCCCCC(=O)OCCOCCCCOCC. The topological polar surface area (TPSA) is 71.1 Å². The van der Waals surface area contributed by atoms with E-state index in [1.807, 2.05) is 6.92 Å². The average Bonchev–Trinajstić information content (AvgIpc) is 2.52. The number of ether oxygens (including phenoxy) is 4. The van der Waals surface area contributed by atoms with Crippen molar-refractivity contribution >= 4 is 11.9 Å². The quantitative estimate of drug-likeness (QED) is 0.261. The molecule has 0 amide bonds. The second kappa shape index (κ2) is 15.5. The molecule has 0 N–H and O–H groups in total. The van der Waals surface area contributed by atoms with Gasteiger partial charge in [-0.2, -0.15) is 0 Å². The highest BCUT2D eigenvalue weighted by Crippen LogP contribution is 2.00. The Hall–Kier alpha value is -1.40. The highest BCUT2D eigenvalue weighted by molar-refractivity contribution is 5.86. The second-order valence-corrected chi connectivity index (χ2v) is 5.11. The van der Waals surface area contributed by atoms with Gasteiger partial charge in [-0.15, -0.1) is 0 Å². The highest BCUT2D eigenvalue weighted by atomic mass is 16.6. The van der Waals surface area contributed by atoms with E-state index in [0.29, 0.717) is 44.7 Å². The van der Waals surface area contributed by atoms with Crippen LogP contribution in [-0.2, 0) is 28.5 Å². The average molecular weight is 330 g/mol. The molecule has 134 valence electrons. The van der Waals surface area contributed by atoms with Crippen molar-refractivity contribution in [3.05, 3.63) is 12.2 Å². The minimum Gasteiger partial charge on any atom is -0.463 e. The summed E-state index contributed by atoms with van der Waals surface area (Å²) < 4.78 is 20.5. The molecule has 0 aliphatic rings. The molecule has 0 aromatic rings. The fourth-order valence-corrected chi connectivity index (χ4v) is 1.60. The van der Waals surface area contributed by atoms with E-state index in [-0.39, 0.29) is 12.6 Å². The fraction of sp³-hybridized carbons (Fsp3) is 0.765. The molecule has 0 saturated carbocycles. The van der Waals surface area contributed by atoms with Gasteiger partial charge in [0.15, 0.2) is 0 Å². The summed E-state index contributed by atoms with van der Waals surface area (Å²) in [4.78, 5) is 22.5. The lowest BCUT2D eigenvalue weighted by Gasteiger charge is -2.07. The molecule has 23 heavy (non-hydrogen) atoms. The van der Waals surface area contributed by atoms with Gasteiger partial charge in [0, 0.05) is 31.8 Å². The van der Waals surface area contributed by atoms with Crippen LogP contribution in [0.4, 0.5) is 0 Å². The van der Waals surface area contributed by atoms with Gasteiger partial charge in [0.05, 0.1) is 13.2 Å². The van der Waals surface area contributed by atoms with Crippen LogP contribution in [0.15, 0.2) is 12.2 Å². The van der Waals surface area contributed by atoms with E-state index in [9.17, 15) is 9.59 Å². The van der Waals surface area contributed by atoms with Crippen LogP contribution in [0, 0.1) is 0 Å². The number of esters is 2. The van der Waals surface area contributed by atoms with Crippen molar-refractivity contribution in [2.24, 2.45) is 0 Å². The first-order valence-corrected chi connectivity index (χ1v) is 8.21. The van der Waals surface area contributed by atoms with Gasteiger partial charge in [-0.3, -0.25) is 4.79 Å². The molecule has 0 rings (SSSR count). The largest absolute Gasteiger partial charge is 0.463 e. The van der Waals surface area contributed by atoms with Crippen LogP contribution in [0.1, 0.15) is 46.0 Å². The van der Waals surface area contributed by atoms with Crippen LogP contribution >= 0.6 is 0 Å². The minimum atomic E-state index is -0.397. The summed E-state index contributed by atoms with van der Waals surface area (Å²) in [5, 5.41) is 0. The monoisotopic (exact) mass is 330 g/mol. The first kappa shape index (κ1) is 21.6. The maximum Gasteiger partial charge on any atom is 0.333 e. The standard InChI is InChI=1S/C17H30O6/c1-4-20-10-7-8-11-21-13-14-22-16(18)9-5-6-12-23-17(19)15(2)3/h2,4-14H2,1,3H3. The molecule has 0 spiro atoms. The zero-order valence-electron chi connectivity index (χ0n) is 14.4. The number of carbonyl (C=O) groups is 2. The van der Waals surface area contributed by atoms with Gasteiger partial charge in [0.25, 0.3) is 0 Å². The molecular formula is C17H30O6. The molecule has 0 aromatic heterocycles. The lowest BCUT2D eigenvalue weighted by Crippen LogP contribution is -2.12. The third kappa shape index (κ3) is 15.3. The summed E-state index contributed by atoms with van der Waals surface area (Å²) in [6, 6.07) is 0. The Balaban J connectivity index is 3.28. The van der Waals surface area contributed by atoms with Crippen molar-refractivity contribution < 1.29 is 28.5 Å². The van der Waals surface area contributed by atoms with E-state index in [1.165, 1.54) is 0 Å². The third-order valence-electron chi connectivity index (χ3n) is 2.88. The number of rotatable bonds is 15. The van der Waals surface area contributed by atoms with Crippen molar-refractivity contribution in [1.82, 2.24) is 0 Å². The Bertz CT molecular complexity index is 340. The molecule has 0 unspecified atom stereocenters. The highest BCUT2D eigenvalue weighted by Gasteiger charge is 2.05. The molecule has 0 aromatic carbocycles. The van der Waals surface area contributed by atoms with Crippen LogP contribution in [0.3, 0.4) is 0 Å². The molecule has 0 fully saturated rings. The van der Waals surface area contributed by atoms with E-state index in [1.54, 1.807) is 6.92 Å². The van der Waals surface area contributed by atoms with Gasteiger partial charge in [-0.25, -0.2) is 4.79 Å². The van der Waals surface area contributed by atoms with E-state index in [2.05, 4.69) is 6.58 Å². The second-order valence-electron chi connectivity index (χ2n) is 5.11. The fourth-order valence-electron chi connectivity index (χ4n) is 1.60. The van der Waals surface area contributed by atoms with E-state index in [0.717, 1.165) is 26.1 Å². The molecule has 0 aliphatic heterocycles. The van der Waals surface area contributed by atoms with Crippen LogP contribution < -0.4 is 0 Å². The van der Waals surface area contributed by atoms with Crippen molar-refractivity contribution in [3.63, 3.8) is 0 Å². The van der Waals surface area contributed by atoms with E-state index >= 15 is 0 Å². The van der Waals surface area contributed by atoms with Gasteiger partial charge >= 0.3 is 11.9 Å². The number of carbonyl (C=O) groups excluding carboxylic acids is 2. The first-order chi connectivity index (χ1) is 11.1. The molecule has 0 radical (unpaired) electrons. The van der Waals surface area contributed by atoms with Crippen molar-refractivity contribution in [2.45, 2.75) is 46.0 Å². The molecule has 0 atom stereocenters. The number of hydrogen-bond acceptors (Lipinski definition) is 6. The Labute approximate surface area is 139 Å². The van der Waals surface area contributed by atoms with Gasteiger partial charge in [-0.05, 0) is 39.5 Å². The van der Waals surface area contributed by atoms with Crippen molar-refractivity contribution in [2.75, 3.05) is 39.6 Å². The van der Waals surface area contributed by atoms with Gasteiger partial charge < -0.3 is 18.9 Å². The summed E-state index contributed by atoms with van der Waals surface area (Å²) in [5.74, 6) is -0.651. The van der Waals surface area contributed by atoms with Gasteiger partial charge in [0.1, 0.15) is 6.61 Å². The van der Waals surface area contributed by atoms with Gasteiger partial charge in [0.2, 0.25) is 0 Å². The maximum atomic E-state index is 11.4. The predicted molar refractivity (Wildman–Crippen MR) is 87.1 cm³/mol. The van der Waals surface area contributed by atoms with Crippen LogP contribution in [0.2, 0.25) is 0 Å². The maximum absolute atomic E-state index is 11.4. The third-order valence-corrected chi connectivity index (χ3v) is 2.88. The summed E-state index contributed by atoms with van der Waals surface area (Å²) >= 11 is 0. The summed E-state index contributed by atoms with van der Waals surface area (Å²) in [6.07, 6.45) is 3.49. The molecule has 0 bridgehead atoms. The van der Waals surface area contributed by atoms with Crippen LogP contribution in [0.5, 0.6) is 0 Å². The van der Waals surface area contributed by atoms with Crippen LogP contribution in [0.25, 0.3) is 0 Å². The lowest BCUT2D eigenvalue weighted by atomic mass is 10.2.